The Morgan fingerprint density at radius 2 is 1.61 bits per heavy atom. The van der Waals surface area contributed by atoms with E-state index in [-0.39, 0.29) is 19.1 Å². The Bertz CT molecular complexity index is 1340. The lowest BCUT2D eigenvalue weighted by Crippen LogP contribution is -2.48. The Kier molecular flexibility index (Phi) is 8.87. The van der Waals surface area contributed by atoms with Crippen LogP contribution in [0.25, 0.3) is 11.4 Å². The van der Waals surface area contributed by atoms with Gasteiger partial charge in [0.1, 0.15) is 17.9 Å². The summed E-state index contributed by atoms with van der Waals surface area (Å²) >= 11 is 0. The SMILES string of the molecule is CN(c1ccnc(NC(CNN(CC=O)C(=O)O)Cc2ccccc2)n1)c1ccnc(-c2ccccc2)n1. The van der Waals surface area contributed by atoms with Gasteiger partial charge in [0.15, 0.2) is 5.82 Å². The highest BCUT2D eigenvalue weighted by Gasteiger charge is 2.17. The molecule has 1 unspecified atom stereocenters. The molecular weight excluding hydrogens is 484 g/mol. The standard InChI is InChI=1S/C27H28N8O3/c1-34(23-12-14-28-25(32-23)21-10-6-3-7-11-21)24-13-15-29-26(33-24)31-22(18-20-8-4-2-5-9-20)19-30-35(16-17-36)27(37)38/h2-15,17,22,30H,16,18-19H2,1H3,(H,37,38)(H,29,31,33). The minimum Gasteiger partial charge on any atom is -0.464 e. The van der Waals surface area contributed by atoms with Crippen molar-refractivity contribution < 1.29 is 14.7 Å². The first-order valence-corrected chi connectivity index (χ1v) is 12.0. The fourth-order valence-electron chi connectivity index (χ4n) is 3.75. The minimum absolute atomic E-state index is 0.213. The highest BCUT2D eigenvalue weighted by Crippen LogP contribution is 2.23. The average molecular weight is 513 g/mol. The summed E-state index contributed by atoms with van der Waals surface area (Å²) in [5.74, 6) is 2.25. The van der Waals surface area contributed by atoms with Crippen molar-refractivity contribution in [1.82, 2.24) is 30.4 Å². The molecule has 0 aliphatic heterocycles. The number of hydrogen-bond donors (Lipinski definition) is 3. The molecule has 11 heteroatoms. The van der Waals surface area contributed by atoms with Crippen molar-refractivity contribution in [2.75, 3.05) is 30.4 Å². The molecule has 2 aromatic heterocycles. The van der Waals surface area contributed by atoms with Gasteiger partial charge in [0.2, 0.25) is 5.95 Å². The number of aromatic nitrogens is 4. The molecule has 4 rings (SSSR count). The molecule has 2 aromatic carbocycles. The van der Waals surface area contributed by atoms with E-state index in [4.69, 9.17) is 0 Å². The van der Waals surface area contributed by atoms with Crippen LogP contribution >= 0.6 is 0 Å². The van der Waals surface area contributed by atoms with Crippen molar-refractivity contribution in [3.63, 3.8) is 0 Å². The largest absolute Gasteiger partial charge is 0.464 e. The molecule has 4 aromatic rings. The topological polar surface area (TPSA) is 136 Å². The second kappa shape index (κ2) is 12.9. The second-order valence-corrected chi connectivity index (χ2v) is 8.36. The zero-order chi connectivity index (χ0) is 26.7. The van der Waals surface area contributed by atoms with Gasteiger partial charge in [0.25, 0.3) is 0 Å². The van der Waals surface area contributed by atoms with Crippen molar-refractivity contribution in [3.8, 4) is 11.4 Å². The van der Waals surface area contributed by atoms with Gasteiger partial charge in [0.05, 0.1) is 6.54 Å². The van der Waals surface area contributed by atoms with Crippen LogP contribution in [-0.4, -0.2) is 68.6 Å². The highest BCUT2D eigenvalue weighted by atomic mass is 16.4. The van der Waals surface area contributed by atoms with Crippen molar-refractivity contribution >= 4 is 30.0 Å². The van der Waals surface area contributed by atoms with Gasteiger partial charge in [-0.05, 0) is 24.1 Å². The quantitative estimate of drug-likeness (QED) is 0.191. The number of carbonyl (C=O) groups excluding carboxylic acids is 1. The normalized spacial score (nSPS) is 11.4. The second-order valence-electron chi connectivity index (χ2n) is 8.36. The number of nitrogens with zero attached hydrogens (tertiary/aromatic N) is 6. The predicted octanol–water partition coefficient (Wildman–Crippen LogP) is 3.41. The van der Waals surface area contributed by atoms with Crippen molar-refractivity contribution in [2.24, 2.45) is 0 Å². The summed E-state index contributed by atoms with van der Waals surface area (Å²) in [5.41, 5.74) is 4.76. The van der Waals surface area contributed by atoms with Gasteiger partial charge in [-0.1, -0.05) is 60.7 Å². The third-order valence-corrected chi connectivity index (χ3v) is 5.68. The van der Waals surface area contributed by atoms with Crippen LogP contribution in [-0.2, 0) is 11.2 Å². The molecule has 194 valence electrons. The number of benzene rings is 2. The van der Waals surface area contributed by atoms with E-state index < -0.39 is 6.09 Å². The van der Waals surface area contributed by atoms with E-state index in [0.29, 0.717) is 36.1 Å². The number of carbonyl (C=O) groups is 2. The van der Waals surface area contributed by atoms with Crippen LogP contribution in [0.2, 0.25) is 0 Å². The van der Waals surface area contributed by atoms with E-state index in [1.807, 2.05) is 72.6 Å². The van der Waals surface area contributed by atoms with Crippen LogP contribution < -0.4 is 15.6 Å². The van der Waals surface area contributed by atoms with E-state index in [0.717, 1.165) is 16.1 Å². The van der Waals surface area contributed by atoms with Gasteiger partial charge < -0.3 is 20.1 Å². The molecule has 0 saturated carbocycles. The lowest BCUT2D eigenvalue weighted by Gasteiger charge is -2.24. The van der Waals surface area contributed by atoms with Gasteiger partial charge in [-0.25, -0.2) is 30.2 Å². The fraction of sp³-hybridized carbons (Fsp3) is 0.185. The predicted molar refractivity (Wildman–Crippen MR) is 144 cm³/mol. The summed E-state index contributed by atoms with van der Waals surface area (Å²) in [7, 11) is 1.86. The molecule has 3 N–H and O–H groups in total. The lowest BCUT2D eigenvalue weighted by molar-refractivity contribution is -0.109. The molecule has 0 saturated heterocycles. The number of nitrogens with one attached hydrogen (secondary N) is 2. The maximum absolute atomic E-state index is 11.4. The van der Waals surface area contributed by atoms with Crippen molar-refractivity contribution in [1.29, 1.82) is 0 Å². The maximum Gasteiger partial charge on any atom is 0.422 e. The van der Waals surface area contributed by atoms with Crippen LogP contribution in [0.3, 0.4) is 0 Å². The molecule has 38 heavy (non-hydrogen) atoms. The Morgan fingerprint density at radius 3 is 2.29 bits per heavy atom. The van der Waals surface area contributed by atoms with Crippen molar-refractivity contribution in [2.45, 2.75) is 12.5 Å². The number of carboxylic acid groups (broad SMARTS) is 1. The van der Waals surface area contributed by atoms with Crippen LogP contribution in [0, 0.1) is 0 Å². The molecule has 0 bridgehead atoms. The lowest BCUT2D eigenvalue weighted by atomic mass is 10.1. The monoisotopic (exact) mass is 512 g/mol. The minimum atomic E-state index is -1.24. The van der Waals surface area contributed by atoms with Crippen LogP contribution in [0.1, 0.15) is 5.56 Å². The summed E-state index contributed by atoms with van der Waals surface area (Å²) in [5, 5.41) is 13.5. The first-order valence-electron chi connectivity index (χ1n) is 12.0. The van der Waals surface area contributed by atoms with Crippen LogP contribution in [0.4, 0.5) is 22.4 Å². The third kappa shape index (κ3) is 7.08. The maximum atomic E-state index is 11.4. The van der Waals surface area contributed by atoms with Crippen molar-refractivity contribution in [3.05, 3.63) is 90.8 Å². The van der Waals surface area contributed by atoms with E-state index in [1.165, 1.54) is 0 Å². The first kappa shape index (κ1) is 26.2. The molecule has 1 amide bonds. The molecule has 11 nitrogen and oxygen atoms in total. The molecule has 0 aliphatic carbocycles. The van der Waals surface area contributed by atoms with E-state index in [9.17, 15) is 14.7 Å². The van der Waals surface area contributed by atoms with Gasteiger partial charge in [-0.2, -0.15) is 4.98 Å². The zero-order valence-corrected chi connectivity index (χ0v) is 20.8. The molecule has 2 heterocycles. The first-order chi connectivity index (χ1) is 18.5. The fourth-order valence-corrected chi connectivity index (χ4v) is 3.75. The Labute approximate surface area is 220 Å². The third-order valence-electron chi connectivity index (χ3n) is 5.68. The highest BCUT2D eigenvalue weighted by molar-refractivity contribution is 5.68. The van der Waals surface area contributed by atoms with E-state index >= 15 is 0 Å². The smallest absolute Gasteiger partial charge is 0.422 e. The summed E-state index contributed by atoms with van der Waals surface area (Å²) in [6.45, 7) is -0.0706. The Hall–Kier alpha value is -4.90. The Morgan fingerprint density at radius 1 is 0.947 bits per heavy atom. The number of amides is 1. The number of rotatable bonds is 12. The summed E-state index contributed by atoms with van der Waals surface area (Å²) in [6, 6.07) is 22.8. The number of aldehydes is 1. The summed E-state index contributed by atoms with van der Waals surface area (Å²) in [6.07, 6.45) is 3.20. The van der Waals surface area contributed by atoms with E-state index in [2.05, 4.69) is 30.7 Å². The van der Waals surface area contributed by atoms with Gasteiger partial charge >= 0.3 is 6.09 Å². The number of hydrazine groups is 1. The molecule has 0 aliphatic rings. The molecule has 1 atom stereocenters. The molecule has 0 radical (unpaired) electrons. The van der Waals surface area contributed by atoms with Crippen LogP contribution in [0.5, 0.6) is 0 Å². The van der Waals surface area contributed by atoms with Crippen LogP contribution in [0.15, 0.2) is 85.2 Å². The van der Waals surface area contributed by atoms with Gasteiger partial charge in [-0.3, -0.25) is 0 Å². The molecule has 0 fully saturated rings. The summed E-state index contributed by atoms with van der Waals surface area (Å²) in [4.78, 5) is 42.2. The number of hydrogen-bond acceptors (Lipinski definition) is 9. The summed E-state index contributed by atoms with van der Waals surface area (Å²) < 4.78 is 0. The average Bonchev–Trinajstić information content (AvgIpc) is 2.96. The van der Waals surface area contributed by atoms with Gasteiger partial charge in [0, 0.05) is 37.6 Å². The van der Waals surface area contributed by atoms with Gasteiger partial charge in [-0.15, -0.1) is 0 Å². The Balaban J connectivity index is 1.52. The number of anilines is 3. The zero-order valence-electron chi connectivity index (χ0n) is 20.8. The molecule has 0 spiro atoms. The van der Waals surface area contributed by atoms with E-state index in [1.54, 1.807) is 24.5 Å². The molecular formula is C27H28N8O3.